The summed E-state index contributed by atoms with van der Waals surface area (Å²) in [5.74, 6) is 1.65. The van der Waals surface area contributed by atoms with Gasteiger partial charge in [0.1, 0.15) is 11.8 Å². The number of carbonyl (C=O) groups excluding carboxylic acids is 1. The zero-order valence-corrected chi connectivity index (χ0v) is 25.0. The number of benzene rings is 3. The van der Waals surface area contributed by atoms with E-state index in [1.807, 2.05) is 81.4 Å². The lowest BCUT2D eigenvalue weighted by molar-refractivity contribution is -0.113. The van der Waals surface area contributed by atoms with Crippen LogP contribution in [0, 0.1) is 13.8 Å². The van der Waals surface area contributed by atoms with Crippen LogP contribution in [0.4, 0.5) is 11.6 Å². The number of aromatic nitrogens is 3. The first-order valence-corrected chi connectivity index (χ1v) is 14.4. The van der Waals surface area contributed by atoms with Crippen LogP contribution < -0.4 is 15.4 Å². The minimum atomic E-state index is -0.572. The molecule has 1 atom stereocenters. The molecule has 0 fully saturated rings. The van der Waals surface area contributed by atoms with Gasteiger partial charge < -0.3 is 15.4 Å². The third kappa shape index (κ3) is 5.85. The number of fused-ring (bicyclic) bond motifs is 1. The average molecular weight is 625 g/mol. The van der Waals surface area contributed by atoms with Crippen LogP contribution in [0.2, 0.25) is 5.02 Å². The summed E-state index contributed by atoms with van der Waals surface area (Å²) in [5, 5.41) is 12.5. The lowest BCUT2D eigenvalue weighted by Crippen LogP contribution is -2.32. The molecule has 5 rings (SSSR count). The number of methoxy groups -OCH3 is 1. The fourth-order valence-corrected chi connectivity index (χ4v) is 5.85. The SMILES string of the molecule is COc1ccc(Br)cc1[C@@H]1C(C(=O)Nc2ccc(C)cc2C)=C(C)Nc2nc(SCc3ccc(Cl)cc3)nn21. The van der Waals surface area contributed by atoms with Crippen LogP contribution in [0.25, 0.3) is 0 Å². The lowest BCUT2D eigenvalue weighted by Gasteiger charge is -2.29. The molecule has 0 saturated carbocycles. The maximum atomic E-state index is 13.9. The Labute approximate surface area is 245 Å². The second-order valence-corrected chi connectivity index (χ2v) is 11.6. The smallest absolute Gasteiger partial charge is 0.255 e. The van der Waals surface area contributed by atoms with E-state index in [1.54, 1.807) is 11.8 Å². The fourth-order valence-electron chi connectivity index (χ4n) is 4.57. The van der Waals surface area contributed by atoms with E-state index in [4.69, 9.17) is 26.4 Å². The van der Waals surface area contributed by atoms with Crippen molar-refractivity contribution < 1.29 is 9.53 Å². The minimum Gasteiger partial charge on any atom is -0.496 e. The first kappa shape index (κ1) is 27.3. The maximum absolute atomic E-state index is 13.9. The van der Waals surface area contributed by atoms with Gasteiger partial charge in [-0.15, -0.1) is 5.10 Å². The van der Waals surface area contributed by atoms with E-state index >= 15 is 0 Å². The number of allylic oxidation sites excluding steroid dienone is 1. The van der Waals surface area contributed by atoms with E-state index in [1.165, 1.54) is 11.8 Å². The van der Waals surface area contributed by atoms with Crippen LogP contribution >= 0.6 is 39.3 Å². The van der Waals surface area contributed by atoms with Crippen molar-refractivity contribution in [3.63, 3.8) is 0 Å². The quantitative estimate of drug-likeness (QED) is 0.207. The lowest BCUT2D eigenvalue weighted by atomic mass is 9.94. The van der Waals surface area contributed by atoms with E-state index in [9.17, 15) is 4.79 Å². The van der Waals surface area contributed by atoms with E-state index in [-0.39, 0.29) is 5.91 Å². The number of thioether (sulfide) groups is 1. The Morgan fingerprint density at radius 2 is 1.90 bits per heavy atom. The molecular formula is C29H27BrClN5O2S. The third-order valence-electron chi connectivity index (χ3n) is 6.48. The Bertz CT molecular complexity index is 1590. The highest BCUT2D eigenvalue weighted by atomic mass is 79.9. The average Bonchev–Trinajstić information content (AvgIpc) is 3.31. The summed E-state index contributed by atoms with van der Waals surface area (Å²) in [5.41, 5.74) is 6.00. The molecule has 2 heterocycles. The molecule has 0 spiro atoms. The Hall–Kier alpha value is -3.27. The number of nitrogens with one attached hydrogen (secondary N) is 2. The van der Waals surface area contributed by atoms with Crippen molar-refractivity contribution in [2.24, 2.45) is 0 Å². The van der Waals surface area contributed by atoms with E-state index in [0.717, 1.165) is 32.4 Å². The highest BCUT2D eigenvalue weighted by molar-refractivity contribution is 9.10. The number of anilines is 2. The zero-order valence-electron chi connectivity index (χ0n) is 21.9. The Kier molecular flexibility index (Phi) is 8.02. The molecule has 1 aromatic heterocycles. The monoisotopic (exact) mass is 623 g/mol. The van der Waals surface area contributed by atoms with Crippen LogP contribution in [0.15, 0.2) is 81.6 Å². The summed E-state index contributed by atoms with van der Waals surface area (Å²) < 4.78 is 8.36. The van der Waals surface area contributed by atoms with Gasteiger partial charge in [-0.1, -0.05) is 69.1 Å². The summed E-state index contributed by atoms with van der Waals surface area (Å²) in [6.07, 6.45) is 0. The van der Waals surface area contributed by atoms with Gasteiger partial charge in [-0.05, 0) is 68.3 Å². The Morgan fingerprint density at radius 3 is 2.62 bits per heavy atom. The topological polar surface area (TPSA) is 81.1 Å². The molecule has 0 bridgehead atoms. The molecule has 39 heavy (non-hydrogen) atoms. The van der Waals surface area contributed by atoms with Crippen molar-refractivity contribution in [2.45, 2.75) is 37.7 Å². The van der Waals surface area contributed by atoms with Crippen molar-refractivity contribution in [3.8, 4) is 5.75 Å². The van der Waals surface area contributed by atoms with Gasteiger partial charge in [0.2, 0.25) is 11.1 Å². The van der Waals surface area contributed by atoms with Gasteiger partial charge in [0.25, 0.3) is 5.91 Å². The van der Waals surface area contributed by atoms with Crippen molar-refractivity contribution in [2.75, 3.05) is 17.7 Å². The van der Waals surface area contributed by atoms with Crippen molar-refractivity contribution in [1.29, 1.82) is 0 Å². The summed E-state index contributed by atoms with van der Waals surface area (Å²) in [7, 11) is 1.62. The van der Waals surface area contributed by atoms with Gasteiger partial charge in [0, 0.05) is 32.2 Å². The number of hydrogen-bond acceptors (Lipinski definition) is 6. The molecule has 2 N–H and O–H groups in total. The Morgan fingerprint density at radius 1 is 1.13 bits per heavy atom. The van der Waals surface area contributed by atoms with E-state index in [0.29, 0.717) is 38.9 Å². The molecule has 7 nitrogen and oxygen atoms in total. The normalized spacial score (nSPS) is 14.6. The highest BCUT2D eigenvalue weighted by Crippen LogP contribution is 2.41. The maximum Gasteiger partial charge on any atom is 0.255 e. The van der Waals surface area contributed by atoms with Crippen molar-refractivity contribution in [3.05, 3.63) is 104 Å². The molecular weight excluding hydrogens is 598 g/mol. The van der Waals surface area contributed by atoms with Crippen molar-refractivity contribution >= 4 is 56.8 Å². The van der Waals surface area contributed by atoms with Crippen LogP contribution in [-0.4, -0.2) is 27.8 Å². The molecule has 10 heteroatoms. The standard InChI is InChI=1S/C29H27BrClN5O2S/c1-16-5-11-23(17(2)13-16)33-27(37)25-18(3)32-28-34-29(39-15-19-6-9-21(31)10-7-19)35-36(28)26(25)22-14-20(30)8-12-24(22)38-4/h5-14,26H,15H2,1-4H3,(H,33,37)(H,32,34,35)/t26-/m1/s1. The zero-order chi connectivity index (χ0) is 27.7. The molecule has 1 amide bonds. The Balaban J connectivity index is 1.54. The van der Waals surface area contributed by atoms with Gasteiger partial charge in [-0.2, -0.15) is 4.98 Å². The van der Waals surface area contributed by atoms with Crippen LogP contribution in [0.5, 0.6) is 5.75 Å². The number of nitrogens with zero attached hydrogens (tertiary/aromatic N) is 3. The minimum absolute atomic E-state index is 0.226. The summed E-state index contributed by atoms with van der Waals surface area (Å²) in [6, 6.07) is 18.8. The van der Waals surface area contributed by atoms with E-state index < -0.39 is 6.04 Å². The number of aryl methyl sites for hydroxylation is 2. The second kappa shape index (κ2) is 11.5. The second-order valence-electron chi connectivity index (χ2n) is 9.30. The fraction of sp³-hybridized carbons (Fsp3) is 0.207. The van der Waals surface area contributed by atoms with Gasteiger partial charge in [-0.3, -0.25) is 4.79 Å². The molecule has 0 unspecified atom stereocenters. The van der Waals surface area contributed by atoms with Gasteiger partial charge in [-0.25, -0.2) is 4.68 Å². The number of hydrogen-bond donors (Lipinski definition) is 2. The summed E-state index contributed by atoms with van der Waals surface area (Å²) in [6.45, 7) is 5.89. The number of rotatable bonds is 7. The van der Waals surface area contributed by atoms with E-state index in [2.05, 4.69) is 26.6 Å². The largest absolute Gasteiger partial charge is 0.496 e. The van der Waals surface area contributed by atoms with Gasteiger partial charge in [0.15, 0.2) is 0 Å². The predicted molar refractivity (Wildman–Crippen MR) is 161 cm³/mol. The molecule has 1 aliphatic heterocycles. The molecule has 200 valence electrons. The van der Waals surface area contributed by atoms with Gasteiger partial charge in [0.05, 0.1) is 12.7 Å². The molecule has 0 radical (unpaired) electrons. The van der Waals surface area contributed by atoms with Crippen molar-refractivity contribution in [1.82, 2.24) is 14.8 Å². The molecule has 3 aromatic carbocycles. The number of ether oxygens (including phenoxy) is 1. The predicted octanol–water partition coefficient (Wildman–Crippen LogP) is 7.54. The number of halogens is 2. The van der Waals surface area contributed by atoms with Crippen LogP contribution in [-0.2, 0) is 10.5 Å². The number of carbonyl (C=O) groups is 1. The number of amides is 1. The summed E-state index contributed by atoms with van der Waals surface area (Å²) >= 11 is 11.1. The first-order chi connectivity index (χ1) is 18.7. The molecule has 4 aromatic rings. The molecule has 1 aliphatic rings. The molecule has 0 aliphatic carbocycles. The van der Waals surface area contributed by atoms with Crippen LogP contribution in [0.1, 0.15) is 35.2 Å². The van der Waals surface area contributed by atoms with Crippen LogP contribution in [0.3, 0.4) is 0 Å². The molecule has 0 saturated heterocycles. The third-order valence-corrected chi connectivity index (χ3v) is 8.13. The van der Waals surface area contributed by atoms with Gasteiger partial charge >= 0.3 is 0 Å². The highest BCUT2D eigenvalue weighted by Gasteiger charge is 2.36. The first-order valence-electron chi connectivity index (χ1n) is 12.3. The summed E-state index contributed by atoms with van der Waals surface area (Å²) in [4.78, 5) is 18.6.